The summed E-state index contributed by atoms with van der Waals surface area (Å²) in [5, 5.41) is 4.91. The van der Waals surface area contributed by atoms with Gasteiger partial charge >= 0.3 is 0 Å². The van der Waals surface area contributed by atoms with Crippen LogP contribution in [0.25, 0.3) is 0 Å². The number of benzene rings is 1. The van der Waals surface area contributed by atoms with E-state index in [9.17, 15) is 4.79 Å². The van der Waals surface area contributed by atoms with Gasteiger partial charge in [-0.3, -0.25) is 4.79 Å². The average Bonchev–Trinajstić information content (AvgIpc) is 3.08. The van der Waals surface area contributed by atoms with Gasteiger partial charge in [0.2, 0.25) is 5.91 Å². The maximum Gasteiger partial charge on any atom is 0.223 e. The van der Waals surface area contributed by atoms with Gasteiger partial charge in [-0.1, -0.05) is 29.8 Å². The number of aryl methyl sites for hydroxylation is 1. The van der Waals surface area contributed by atoms with Gasteiger partial charge in [-0.25, -0.2) is 0 Å². The fraction of sp³-hybridized carbons (Fsp3) is 0.389. The number of ether oxygens (including phenoxy) is 1. The number of amides is 1. The molecule has 0 saturated carbocycles. The van der Waals surface area contributed by atoms with Crippen LogP contribution in [-0.4, -0.2) is 36.6 Å². The first-order valence-electron chi connectivity index (χ1n) is 7.86. The zero-order valence-corrected chi connectivity index (χ0v) is 14.5. The summed E-state index contributed by atoms with van der Waals surface area (Å²) in [4.78, 5) is 14.3. The molecule has 1 aromatic heterocycles. The molecule has 5 heteroatoms. The molecule has 3 nitrogen and oxygen atoms in total. The quantitative estimate of drug-likeness (QED) is 0.821. The van der Waals surface area contributed by atoms with Gasteiger partial charge in [0, 0.05) is 31.0 Å². The third-order valence-electron chi connectivity index (χ3n) is 4.10. The molecule has 2 heterocycles. The second-order valence-electron chi connectivity index (χ2n) is 5.76. The number of rotatable bonds is 5. The van der Waals surface area contributed by atoms with Gasteiger partial charge in [-0.05, 0) is 40.4 Å². The van der Waals surface area contributed by atoms with Crippen molar-refractivity contribution >= 4 is 28.8 Å². The van der Waals surface area contributed by atoms with E-state index >= 15 is 0 Å². The predicted molar refractivity (Wildman–Crippen MR) is 94.1 cm³/mol. The van der Waals surface area contributed by atoms with E-state index in [1.54, 1.807) is 11.3 Å². The third kappa shape index (κ3) is 4.56. The molecule has 0 unspecified atom stereocenters. The van der Waals surface area contributed by atoms with Gasteiger partial charge in [0.05, 0.1) is 12.7 Å². The first-order chi connectivity index (χ1) is 11.2. The molecule has 0 bridgehead atoms. The molecular weight excluding hydrogens is 330 g/mol. The lowest BCUT2D eigenvalue weighted by Crippen LogP contribution is -2.46. The van der Waals surface area contributed by atoms with Crippen LogP contribution in [0.5, 0.6) is 0 Å². The largest absolute Gasteiger partial charge is 0.374 e. The van der Waals surface area contributed by atoms with Crippen LogP contribution in [-0.2, 0) is 22.4 Å². The van der Waals surface area contributed by atoms with Crippen molar-refractivity contribution in [1.29, 1.82) is 0 Å². The Balaban J connectivity index is 1.53. The smallest absolute Gasteiger partial charge is 0.223 e. The SMILES string of the molecule is O=C(CCc1ccsc1)N1CCO[C@H](Cc2ccccc2Cl)C1. The van der Waals surface area contributed by atoms with Gasteiger partial charge in [0.1, 0.15) is 0 Å². The Morgan fingerprint density at radius 2 is 2.22 bits per heavy atom. The van der Waals surface area contributed by atoms with E-state index in [0.717, 1.165) is 23.4 Å². The van der Waals surface area contributed by atoms with Crippen molar-refractivity contribution in [3.05, 3.63) is 57.2 Å². The summed E-state index contributed by atoms with van der Waals surface area (Å²) in [5.41, 5.74) is 2.32. The standard InChI is InChI=1S/C18H20ClNO2S/c19-17-4-2-1-3-15(17)11-16-12-20(8-9-22-16)18(21)6-5-14-7-10-23-13-14/h1-4,7,10,13,16H,5-6,8-9,11-12H2/t16-/m1/s1. The Hall–Kier alpha value is -1.36. The fourth-order valence-electron chi connectivity index (χ4n) is 2.82. The van der Waals surface area contributed by atoms with Crippen LogP contribution in [0.1, 0.15) is 17.5 Å². The van der Waals surface area contributed by atoms with Crippen molar-refractivity contribution in [2.45, 2.75) is 25.4 Å². The Labute approximate surface area is 145 Å². The van der Waals surface area contributed by atoms with Crippen molar-refractivity contribution < 1.29 is 9.53 Å². The number of hydrogen-bond donors (Lipinski definition) is 0. The van der Waals surface area contributed by atoms with Crippen LogP contribution in [0.15, 0.2) is 41.1 Å². The summed E-state index contributed by atoms with van der Waals surface area (Å²) in [6.07, 6.45) is 2.15. The molecule has 0 radical (unpaired) electrons. The van der Waals surface area contributed by atoms with Crippen LogP contribution >= 0.6 is 22.9 Å². The molecular formula is C18H20ClNO2S. The van der Waals surface area contributed by atoms with E-state index in [-0.39, 0.29) is 12.0 Å². The lowest BCUT2D eigenvalue weighted by atomic mass is 10.1. The van der Waals surface area contributed by atoms with Crippen molar-refractivity contribution in [3.8, 4) is 0 Å². The first-order valence-corrected chi connectivity index (χ1v) is 9.18. The second kappa shape index (κ2) is 7.95. The maximum atomic E-state index is 12.4. The van der Waals surface area contributed by atoms with Crippen LogP contribution in [0.4, 0.5) is 0 Å². The molecule has 1 fully saturated rings. The van der Waals surface area contributed by atoms with Crippen LogP contribution in [0.3, 0.4) is 0 Å². The summed E-state index contributed by atoms with van der Waals surface area (Å²) < 4.78 is 5.82. The average molecular weight is 350 g/mol. The van der Waals surface area contributed by atoms with Gasteiger partial charge in [-0.15, -0.1) is 0 Å². The summed E-state index contributed by atoms with van der Waals surface area (Å²) in [7, 11) is 0. The molecule has 1 atom stereocenters. The number of hydrogen-bond acceptors (Lipinski definition) is 3. The monoisotopic (exact) mass is 349 g/mol. The number of halogens is 1. The molecule has 0 N–H and O–H groups in total. The van der Waals surface area contributed by atoms with Gasteiger partial charge < -0.3 is 9.64 Å². The Morgan fingerprint density at radius 1 is 1.35 bits per heavy atom. The summed E-state index contributed by atoms with van der Waals surface area (Å²) in [5.74, 6) is 0.212. The number of carbonyl (C=O) groups is 1. The van der Waals surface area contributed by atoms with Crippen LogP contribution in [0, 0.1) is 0 Å². The van der Waals surface area contributed by atoms with E-state index in [4.69, 9.17) is 16.3 Å². The molecule has 1 amide bonds. The van der Waals surface area contributed by atoms with Crippen LogP contribution in [0.2, 0.25) is 5.02 Å². The van der Waals surface area contributed by atoms with Gasteiger partial charge in [0.15, 0.2) is 0 Å². The number of carbonyl (C=O) groups excluding carboxylic acids is 1. The Morgan fingerprint density at radius 3 is 3.00 bits per heavy atom. The van der Waals surface area contributed by atoms with Crippen molar-refractivity contribution in [2.75, 3.05) is 19.7 Å². The first kappa shape index (κ1) is 16.5. The zero-order chi connectivity index (χ0) is 16.1. The number of morpholine rings is 1. The maximum absolute atomic E-state index is 12.4. The molecule has 3 rings (SSSR count). The van der Waals surface area contributed by atoms with Gasteiger partial charge in [0.25, 0.3) is 0 Å². The highest BCUT2D eigenvalue weighted by Crippen LogP contribution is 2.20. The van der Waals surface area contributed by atoms with Crippen molar-refractivity contribution in [2.24, 2.45) is 0 Å². The predicted octanol–water partition coefficient (Wildman–Crippen LogP) is 3.80. The molecule has 1 aliphatic rings. The van der Waals surface area contributed by atoms with Gasteiger partial charge in [-0.2, -0.15) is 11.3 Å². The molecule has 1 aliphatic heterocycles. The minimum absolute atomic E-state index is 0.0220. The molecule has 1 saturated heterocycles. The van der Waals surface area contributed by atoms with E-state index in [0.29, 0.717) is 26.1 Å². The molecule has 23 heavy (non-hydrogen) atoms. The summed E-state index contributed by atoms with van der Waals surface area (Å²) in [6, 6.07) is 9.89. The normalized spacial score (nSPS) is 18.1. The molecule has 2 aromatic rings. The van der Waals surface area contributed by atoms with E-state index in [2.05, 4.69) is 11.4 Å². The minimum Gasteiger partial charge on any atom is -0.374 e. The van der Waals surface area contributed by atoms with Crippen LogP contribution < -0.4 is 0 Å². The lowest BCUT2D eigenvalue weighted by molar-refractivity contribution is -0.138. The zero-order valence-electron chi connectivity index (χ0n) is 12.9. The van der Waals surface area contributed by atoms with E-state index < -0.39 is 0 Å². The van der Waals surface area contributed by atoms with Crippen molar-refractivity contribution in [1.82, 2.24) is 4.90 Å². The molecule has 1 aromatic carbocycles. The van der Waals surface area contributed by atoms with E-state index in [1.165, 1.54) is 5.56 Å². The summed E-state index contributed by atoms with van der Waals surface area (Å²) in [6.45, 7) is 1.93. The third-order valence-corrected chi connectivity index (χ3v) is 5.21. The minimum atomic E-state index is 0.0220. The second-order valence-corrected chi connectivity index (χ2v) is 6.95. The lowest BCUT2D eigenvalue weighted by Gasteiger charge is -2.33. The number of nitrogens with zero attached hydrogens (tertiary/aromatic N) is 1. The Kier molecular flexibility index (Phi) is 5.70. The molecule has 122 valence electrons. The summed E-state index contributed by atoms with van der Waals surface area (Å²) >= 11 is 7.89. The molecule has 0 spiro atoms. The van der Waals surface area contributed by atoms with Crippen molar-refractivity contribution in [3.63, 3.8) is 0 Å². The van der Waals surface area contributed by atoms with E-state index in [1.807, 2.05) is 34.5 Å². The topological polar surface area (TPSA) is 29.5 Å². The Bertz CT molecular complexity index is 644. The highest BCUT2D eigenvalue weighted by molar-refractivity contribution is 7.07. The highest BCUT2D eigenvalue weighted by Gasteiger charge is 2.24. The molecule has 0 aliphatic carbocycles. The number of thiophene rings is 1. The fourth-order valence-corrected chi connectivity index (χ4v) is 3.74. The highest BCUT2D eigenvalue weighted by atomic mass is 35.5.